The van der Waals surface area contributed by atoms with Crippen LogP contribution in [0.25, 0.3) is 0 Å². The first-order chi connectivity index (χ1) is 9.86. The number of rotatable bonds is 4. The van der Waals surface area contributed by atoms with Crippen LogP contribution in [0.15, 0.2) is 30.3 Å². The van der Waals surface area contributed by atoms with Crippen LogP contribution in [0.4, 0.5) is 17.2 Å². The lowest BCUT2D eigenvalue weighted by molar-refractivity contribution is -0.385. The summed E-state index contributed by atoms with van der Waals surface area (Å²) in [6, 6.07) is 7.07. The first kappa shape index (κ1) is 14.7. The van der Waals surface area contributed by atoms with Crippen molar-refractivity contribution in [2.75, 3.05) is 5.32 Å². The molecule has 0 atom stereocenters. The van der Waals surface area contributed by atoms with Crippen molar-refractivity contribution in [3.63, 3.8) is 0 Å². The van der Waals surface area contributed by atoms with Crippen molar-refractivity contribution in [3.05, 3.63) is 56.7 Å². The SMILES string of the molecule is Cc1ccc(Nc2cc(C(=O)O)cc(Cl)n2)cc1[N+](=O)[O-]. The van der Waals surface area contributed by atoms with E-state index in [2.05, 4.69) is 10.3 Å². The van der Waals surface area contributed by atoms with Crippen LogP contribution in [-0.4, -0.2) is 21.0 Å². The summed E-state index contributed by atoms with van der Waals surface area (Å²) in [7, 11) is 0. The zero-order valence-electron chi connectivity index (χ0n) is 10.8. The highest BCUT2D eigenvalue weighted by Crippen LogP contribution is 2.25. The largest absolute Gasteiger partial charge is 0.478 e. The highest BCUT2D eigenvalue weighted by atomic mass is 35.5. The predicted molar refractivity (Wildman–Crippen MR) is 77.3 cm³/mol. The fourth-order valence-electron chi connectivity index (χ4n) is 1.72. The number of hydrogen-bond acceptors (Lipinski definition) is 5. The molecule has 2 N–H and O–H groups in total. The number of aromatic nitrogens is 1. The van der Waals surface area contributed by atoms with Gasteiger partial charge in [-0.25, -0.2) is 9.78 Å². The molecule has 108 valence electrons. The van der Waals surface area contributed by atoms with E-state index < -0.39 is 10.9 Å². The number of aromatic carboxylic acids is 1. The van der Waals surface area contributed by atoms with Crippen molar-refractivity contribution >= 4 is 34.8 Å². The van der Waals surface area contributed by atoms with Gasteiger partial charge in [0.2, 0.25) is 0 Å². The number of nitro groups is 1. The van der Waals surface area contributed by atoms with Crippen molar-refractivity contribution in [3.8, 4) is 0 Å². The molecule has 0 radical (unpaired) electrons. The van der Waals surface area contributed by atoms with Crippen LogP contribution >= 0.6 is 11.6 Å². The van der Waals surface area contributed by atoms with Crippen molar-refractivity contribution < 1.29 is 14.8 Å². The van der Waals surface area contributed by atoms with E-state index in [4.69, 9.17) is 16.7 Å². The molecule has 7 nitrogen and oxygen atoms in total. The van der Waals surface area contributed by atoms with Gasteiger partial charge in [0.25, 0.3) is 5.69 Å². The molecular formula is C13H10ClN3O4. The molecule has 2 aromatic rings. The topological polar surface area (TPSA) is 105 Å². The summed E-state index contributed by atoms with van der Waals surface area (Å²) in [6.45, 7) is 1.63. The minimum absolute atomic E-state index is 0.0130. The van der Waals surface area contributed by atoms with E-state index in [1.807, 2.05) is 0 Å². The van der Waals surface area contributed by atoms with Crippen LogP contribution < -0.4 is 5.32 Å². The predicted octanol–water partition coefficient (Wildman–Crippen LogP) is 3.39. The van der Waals surface area contributed by atoms with Crippen molar-refractivity contribution in [2.24, 2.45) is 0 Å². The molecule has 0 amide bonds. The minimum Gasteiger partial charge on any atom is -0.478 e. The van der Waals surface area contributed by atoms with Gasteiger partial charge in [-0.15, -0.1) is 0 Å². The van der Waals surface area contributed by atoms with E-state index in [-0.39, 0.29) is 22.2 Å². The van der Waals surface area contributed by atoms with Crippen LogP contribution in [0.2, 0.25) is 5.15 Å². The van der Waals surface area contributed by atoms with Gasteiger partial charge in [0.05, 0.1) is 10.5 Å². The molecule has 0 saturated carbocycles. The molecular weight excluding hydrogens is 298 g/mol. The lowest BCUT2D eigenvalue weighted by Crippen LogP contribution is -2.01. The Kier molecular flexibility index (Phi) is 4.04. The Bertz CT molecular complexity index is 733. The van der Waals surface area contributed by atoms with Gasteiger partial charge in [0.1, 0.15) is 11.0 Å². The smallest absolute Gasteiger partial charge is 0.335 e. The molecule has 0 aliphatic rings. The maximum Gasteiger partial charge on any atom is 0.335 e. The Balaban J connectivity index is 2.36. The van der Waals surface area contributed by atoms with Crippen LogP contribution in [0.1, 0.15) is 15.9 Å². The Morgan fingerprint density at radius 3 is 2.71 bits per heavy atom. The minimum atomic E-state index is -1.14. The lowest BCUT2D eigenvalue weighted by atomic mass is 10.2. The van der Waals surface area contributed by atoms with Gasteiger partial charge in [-0.1, -0.05) is 17.7 Å². The Labute approximate surface area is 124 Å². The van der Waals surface area contributed by atoms with E-state index in [9.17, 15) is 14.9 Å². The normalized spacial score (nSPS) is 10.2. The van der Waals surface area contributed by atoms with Gasteiger partial charge in [0.15, 0.2) is 0 Å². The molecule has 1 aromatic heterocycles. The lowest BCUT2D eigenvalue weighted by Gasteiger charge is -2.08. The molecule has 0 aliphatic heterocycles. The molecule has 0 saturated heterocycles. The summed E-state index contributed by atoms with van der Waals surface area (Å²) < 4.78 is 0. The molecule has 1 aromatic carbocycles. The summed E-state index contributed by atoms with van der Waals surface area (Å²) in [5, 5.41) is 22.6. The molecule has 21 heavy (non-hydrogen) atoms. The summed E-state index contributed by atoms with van der Waals surface area (Å²) in [6.07, 6.45) is 0. The third-order valence-electron chi connectivity index (χ3n) is 2.72. The van der Waals surface area contributed by atoms with E-state index in [1.165, 1.54) is 18.2 Å². The molecule has 8 heteroatoms. The van der Waals surface area contributed by atoms with Crippen molar-refractivity contribution in [2.45, 2.75) is 6.92 Å². The maximum atomic E-state index is 10.9. The van der Waals surface area contributed by atoms with Crippen LogP contribution in [-0.2, 0) is 0 Å². The monoisotopic (exact) mass is 307 g/mol. The molecule has 2 rings (SSSR count). The number of nitro benzene ring substituents is 1. The van der Waals surface area contributed by atoms with E-state index in [0.717, 1.165) is 0 Å². The Morgan fingerprint density at radius 1 is 1.38 bits per heavy atom. The third-order valence-corrected chi connectivity index (χ3v) is 2.91. The van der Waals surface area contributed by atoms with Crippen LogP contribution in [0, 0.1) is 17.0 Å². The summed E-state index contributed by atoms with van der Waals surface area (Å²) >= 11 is 5.74. The molecule has 1 heterocycles. The highest BCUT2D eigenvalue weighted by Gasteiger charge is 2.12. The summed E-state index contributed by atoms with van der Waals surface area (Å²) in [4.78, 5) is 25.3. The van der Waals surface area contributed by atoms with Gasteiger partial charge >= 0.3 is 5.97 Å². The number of hydrogen-bond donors (Lipinski definition) is 2. The van der Waals surface area contributed by atoms with Gasteiger partial charge in [-0.3, -0.25) is 10.1 Å². The average Bonchev–Trinajstić information content (AvgIpc) is 2.40. The fraction of sp³-hybridized carbons (Fsp3) is 0.0769. The average molecular weight is 308 g/mol. The van der Waals surface area contributed by atoms with E-state index in [0.29, 0.717) is 11.3 Å². The Morgan fingerprint density at radius 2 is 2.10 bits per heavy atom. The number of carbonyl (C=O) groups is 1. The number of halogens is 1. The fourth-order valence-corrected chi connectivity index (χ4v) is 1.92. The first-order valence-electron chi connectivity index (χ1n) is 5.80. The Hall–Kier alpha value is -2.67. The molecule has 0 aliphatic carbocycles. The second-order valence-electron chi connectivity index (χ2n) is 4.25. The van der Waals surface area contributed by atoms with Crippen LogP contribution in [0.5, 0.6) is 0 Å². The number of nitrogens with one attached hydrogen (secondary N) is 1. The molecule has 0 spiro atoms. The summed E-state index contributed by atoms with van der Waals surface area (Å²) in [5.74, 6) is -0.949. The number of benzene rings is 1. The third kappa shape index (κ3) is 3.46. The van der Waals surface area contributed by atoms with Crippen molar-refractivity contribution in [1.82, 2.24) is 4.98 Å². The number of aryl methyl sites for hydroxylation is 1. The van der Waals surface area contributed by atoms with Crippen molar-refractivity contribution in [1.29, 1.82) is 0 Å². The van der Waals surface area contributed by atoms with E-state index in [1.54, 1.807) is 19.1 Å². The second kappa shape index (κ2) is 5.76. The maximum absolute atomic E-state index is 10.9. The second-order valence-corrected chi connectivity index (χ2v) is 4.64. The van der Waals surface area contributed by atoms with Gasteiger partial charge in [-0.2, -0.15) is 0 Å². The zero-order valence-corrected chi connectivity index (χ0v) is 11.6. The number of carboxylic acid groups (broad SMARTS) is 1. The molecule has 0 unspecified atom stereocenters. The zero-order chi connectivity index (χ0) is 15.6. The highest BCUT2D eigenvalue weighted by molar-refractivity contribution is 6.29. The molecule has 0 bridgehead atoms. The number of carboxylic acids is 1. The van der Waals surface area contributed by atoms with Gasteiger partial charge in [-0.05, 0) is 25.1 Å². The van der Waals surface area contributed by atoms with E-state index >= 15 is 0 Å². The number of anilines is 2. The quantitative estimate of drug-likeness (QED) is 0.509. The standard InChI is InChI=1S/C13H10ClN3O4/c1-7-2-3-9(6-10(7)17(20)21)15-12-5-8(13(18)19)4-11(14)16-12/h2-6H,1H3,(H,15,16)(H,18,19). The number of pyridine rings is 1. The van der Waals surface area contributed by atoms with Gasteiger partial charge in [0, 0.05) is 17.3 Å². The number of nitrogens with zero attached hydrogens (tertiary/aromatic N) is 2. The van der Waals surface area contributed by atoms with Gasteiger partial charge < -0.3 is 10.4 Å². The summed E-state index contributed by atoms with van der Waals surface area (Å²) in [5.41, 5.74) is 0.869. The van der Waals surface area contributed by atoms with Crippen LogP contribution in [0.3, 0.4) is 0 Å². The molecule has 0 fully saturated rings. The first-order valence-corrected chi connectivity index (χ1v) is 6.17.